The number of ether oxygens (including phenoxy) is 2. The molecule has 2 rings (SSSR count). The second kappa shape index (κ2) is 7.41. The highest BCUT2D eigenvalue weighted by Gasteiger charge is 2.09. The number of aliphatic imine (C=N–C) groups is 1. The van der Waals surface area contributed by atoms with Crippen molar-refractivity contribution < 1.29 is 9.47 Å². The van der Waals surface area contributed by atoms with Gasteiger partial charge in [-0.05, 0) is 43.5 Å². The third-order valence-corrected chi connectivity index (χ3v) is 3.29. The number of alkyl halides is 1. The molecule has 1 heterocycles. The van der Waals surface area contributed by atoms with Crippen LogP contribution in [-0.2, 0) is 4.74 Å². The lowest BCUT2D eigenvalue weighted by Gasteiger charge is -2.07. The molecular weight excluding hydrogens is 294 g/mol. The van der Waals surface area contributed by atoms with E-state index >= 15 is 0 Å². The first-order chi connectivity index (χ1) is 8.90. The van der Waals surface area contributed by atoms with Crippen LogP contribution in [0.3, 0.4) is 0 Å². The summed E-state index contributed by atoms with van der Waals surface area (Å²) in [5.74, 6) is 1.66. The average Bonchev–Trinajstić information content (AvgIpc) is 2.93. The van der Waals surface area contributed by atoms with Crippen LogP contribution in [0.1, 0.15) is 24.8 Å². The van der Waals surface area contributed by atoms with Gasteiger partial charge in [0.25, 0.3) is 0 Å². The maximum Gasteiger partial charge on any atom is 0.216 e. The molecule has 98 valence electrons. The largest absolute Gasteiger partial charge is 0.494 e. The van der Waals surface area contributed by atoms with Gasteiger partial charge in [-0.1, -0.05) is 15.9 Å². The van der Waals surface area contributed by atoms with Crippen LogP contribution in [0.2, 0.25) is 0 Å². The lowest BCUT2D eigenvalue weighted by atomic mass is 10.2. The summed E-state index contributed by atoms with van der Waals surface area (Å²) in [7, 11) is 0. The molecule has 0 fully saturated rings. The number of rotatable bonds is 7. The predicted octanol–water partition coefficient (Wildman–Crippen LogP) is 3.41. The molecule has 0 radical (unpaired) electrons. The standard InChI is InChI=1S/C14H18BrNO2/c15-8-2-1-3-10-17-13-6-4-12(5-7-13)14-16-9-11-18-14/h4-7H,1-3,8-11H2. The Bertz CT molecular complexity index is 389. The third-order valence-electron chi connectivity index (χ3n) is 2.73. The van der Waals surface area contributed by atoms with Crippen molar-refractivity contribution in [3.63, 3.8) is 0 Å². The van der Waals surface area contributed by atoms with Crippen LogP contribution < -0.4 is 4.74 Å². The van der Waals surface area contributed by atoms with Crippen molar-refractivity contribution in [1.29, 1.82) is 0 Å². The van der Waals surface area contributed by atoms with E-state index in [0.29, 0.717) is 6.61 Å². The number of benzene rings is 1. The summed E-state index contributed by atoms with van der Waals surface area (Å²) in [5.41, 5.74) is 1.03. The fraction of sp³-hybridized carbons (Fsp3) is 0.500. The van der Waals surface area contributed by atoms with E-state index in [2.05, 4.69) is 20.9 Å². The second-order valence-electron chi connectivity index (χ2n) is 4.16. The van der Waals surface area contributed by atoms with Crippen LogP contribution in [0.4, 0.5) is 0 Å². The van der Waals surface area contributed by atoms with Gasteiger partial charge in [-0.3, -0.25) is 0 Å². The SMILES string of the molecule is BrCCCCCOc1ccc(C2=NCCO2)cc1. The molecule has 3 nitrogen and oxygen atoms in total. The van der Waals surface area contributed by atoms with Gasteiger partial charge >= 0.3 is 0 Å². The second-order valence-corrected chi connectivity index (χ2v) is 4.95. The minimum atomic E-state index is 0.696. The zero-order valence-corrected chi connectivity index (χ0v) is 12.0. The van der Waals surface area contributed by atoms with Gasteiger partial charge < -0.3 is 9.47 Å². The summed E-state index contributed by atoms with van der Waals surface area (Å²) < 4.78 is 11.1. The van der Waals surface area contributed by atoms with Crippen LogP contribution in [0.15, 0.2) is 29.3 Å². The molecule has 0 unspecified atom stereocenters. The summed E-state index contributed by atoms with van der Waals surface area (Å²) in [5, 5.41) is 1.07. The number of unbranched alkanes of at least 4 members (excludes halogenated alkanes) is 2. The smallest absolute Gasteiger partial charge is 0.216 e. The van der Waals surface area contributed by atoms with E-state index in [4.69, 9.17) is 9.47 Å². The van der Waals surface area contributed by atoms with Gasteiger partial charge in [-0.25, -0.2) is 4.99 Å². The molecule has 1 aromatic rings. The minimum absolute atomic E-state index is 0.696. The molecule has 0 N–H and O–H groups in total. The van der Waals surface area contributed by atoms with Crippen LogP contribution in [0.5, 0.6) is 5.75 Å². The van der Waals surface area contributed by atoms with Crippen LogP contribution >= 0.6 is 15.9 Å². The zero-order valence-electron chi connectivity index (χ0n) is 10.4. The van der Waals surface area contributed by atoms with Gasteiger partial charge in [-0.2, -0.15) is 0 Å². The number of hydrogen-bond acceptors (Lipinski definition) is 3. The topological polar surface area (TPSA) is 30.8 Å². The van der Waals surface area contributed by atoms with E-state index in [1.807, 2.05) is 24.3 Å². The highest BCUT2D eigenvalue weighted by atomic mass is 79.9. The molecule has 4 heteroatoms. The molecule has 0 bridgehead atoms. The lowest BCUT2D eigenvalue weighted by molar-refractivity contribution is 0.306. The summed E-state index contributed by atoms with van der Waals surface area (Å²) in [4.78, 5) is 4.28. The minimum Gasteiger partial charge on any atom is -0.494 e. The first-order valence-corrected chi connectivity index (χ1v) is 7.49. The molecule has 0 amide bonds. The fourth-order valence-electron chi connectivity index (χ4n) is 1.77. The first kappa shape index (κ1) is 13.4. The molecule has 0 atom stereocenters. The average molecular weight is 312 g/mol. The normalized spacial score (nSPS) is 14.2. The van der Waals surface area contributed by atoms with Crippen molar-refractivity contribution in [1.82, 2.24) is 0 Å². The molecule has 0 saturated carbocycles. The molecule has 0 aliphatic carbocycles. The molecule has 1 aliphatic rings. The highest BCUT2D eigenvalue weighted by molar-refractivity contribution is 9.09. The third kappa shape index (κ3) is 4.02. The van der Waals surface area contributed by atoms with E-state index in [1.165, 1.54) is 12.8 Å². The molecule has 0 spiro atoms. The maximum atomic E-state index is 5.67. The molecular formula is C14H18BrNO2. The van der Waals surface area contributed by atoms with Crippen LogP contribution in [0, 0.1) is 0 Å². The Morgan fingerprint density at radius 1 is 1.17 bits per heavy atom. The van der Waals surface area contributed by atoms with Crippen LogP contribution in [-0.4, -0.2) is 31.0 Å². The summed E-state index contributed by atoms with van der Waals surface area (Å²) in [6, 6.07) is 7.95. The fourth-order valence-corrected chi connectivity index (χ4v) is 2.16. The molecule has 18 heavy (non-hydrogen) atoms. The van der Waals surface area contributed by atoms with E-state index in [-0.39, 0.29) is 0 Å². The Labute approximate surface area is 116 Å². The Morgan fingerprint density at radius 2 is 2.00 bits per heavy atom. The monoisotopic (exact) mass is 311 g/mol. The molecule has 1 aromatic carbocycles. The van der Waals surface area contributed by atoms with E-state index < -0.39 is 0 Å². The van der Waals surface area contributed by atoms with Gasteiger partial charge in [0.15, 0.2) is 0 Å². The van der Waals surface area contributed by atoms with Crippen molar-refractivity contribution in [2.45, 2.75) is 19.3 Å². The zero-order chi connectivity index (χ0) is 12.6. The Kier molecular flexibility index (Phi) is 5.52. The predicted molar refractivity (Wildman–Crippen MR) is 76.9 cm³/mol. The van der Waals surface area contributed by atoms with Crippen molar-refractivity contribution in [3.8, 4) is 5.75 Å². The first-order valence-electron chi connectivity index (χ1n) is 6.36. The van der Waals surface area contributed by atoms with Gasteiger partial charge in [-0.15, -0.1) is 0 Å². The quantitative estimate of drug-likeness (QED) is 0.571. The van der Waals surface area contributed by atoms with Crippen molar-refractivity contribution >= 4 is 21.8 Å². The maximum absolute atomic E-state index is 5.67. The van der Waals surface area contributed by atoms with Gasteiger partial charge in [0.2, 0.25) is 5.90 Å². The van der Waals surface area contributed by atoms with Gasteiger partial charge in [0, 0.05) is 10.9 Å². The molecule has 0 aromatic heterocycles. The van der Waals surface area contributed by atoms with E-state index in [0.717, 1.165) is 42.1 Å². The number of nitrogens with zero attached hydrogens (tertiary/aromatic N) is 1. The van der Waals surface area contributed by atoms with E-state index in [1.54, 1.807) is 0 Å². The van der Waals surface area contributed by atoms with Crippen molar-refractivity contribution in [2.24, 2.45) is 4.99 Å². The lowest BCUT2D eigenvalue weighted by Crippen LogP contribution is -2.01. The van der Waals surface area contributed by atoms with E-state index in [9.17, 15) is 0 Å². The Morgan fingerprint density at radius 3 is 2.67 bits per heavy atom. The van der Waals surface area contributed by atoms with Crippen molar-refractivity contribution in [3.05, 3.63) is 29.8 Å². The summed E-state index contributed by atoms with van der Waals surface area (Å²) in [6.07, 6.45) is 3.51. The van der Waals surface area contributed by atoms with Crippen LogP contribution in [0.25, 0.3) is 0 Å². The highest BCUT2D eigenvalue weighted by Crippen LogP contribution is 2.15. The Hall–Kier alpha value is -1.03. The van der Waals surface area contributed by atoms with Gasteiger partial charge in [0.05, 0.1) is 13.2 Å². The van der Waals surface area contributed by atoms with Crippen molar-refractivity contribution in [2.75, 3.05) is 25.1 Å². The molecule has 1 aliphatic heterocycles. The van der Waals surface area contributed by atoms with Gasteiger partial charge in [0.1, 0.15) is 12.4 Å². The number of hydrogen-bond donors (Lipinski definition) is 0. The summed E-state index contributed by atoms with van der Waals surface area (Å²) >= 11 is 3.42. The Balaban J connectivity index is 1.77. The summed E-state index contributed by atoms with van der Waals surface area (Å²) in [6.45, 7) is 2.24. The number of halogens is 1. The molecule has 0 saturated heterocycles.